The highest BCUT2D eigenvalue weighted by atomic mass is 16.5. The number of anilines is 1. The number of para-hydroxylation sites is 2. The molecule has 0 bridgehead atoms. The van der Waals surface area contributed by atoms with Crippen LogP contribution in [0.4, 0.5) is 5.69 Å². The van der Waals surface area contributed by atoms with E-state index in [0.29, 0.717) is 25.4 Å². The number of hydrogen-bond acceptors (Lipinski definition) is 3. The number of ether oxygens (including phenoxy) is 1. The van der Waals surface area contributed by atoms with Gasteiger partial charge in [0.2, 0.25) is 0 Å². The third kappa shape index (κ3) is 2.12. The molecule has 0 saturated carbocycles. The molecule has 1 aliphatic heterocycles. The van der Waals surface area contributed by atoms with Gasteiger partial charge in [-0.3, -0.25) is 4.79 Å². The first-order valence-corrected chi connectivity index (χ1v) is 5.29. The quantitative estimate of drug-likeness (QED) is 0.754. The fourth-order valence-electron chi connectivity index (χ4n) is 1.83. The van der Waals surface area contributed by atoms with Gasteiger partial charge in [0.25, 0.3) is 0 Å². The summed E-state index contributed by atoms with van der Waals surface area (Å²) in [6.07, 6.45) is 0.653. The molecule has 0 radical (unpaired) electrons. The molecule has 1 aliphatic rings. The van der Waals surface area contributed by atoms with Crippen molar-refractivity contribution in [3.63, 3.8) is 0 Å². The maximum atomic E-state index is 11.2. The molecule has 3 nitrogen and oxygen atoms in total. The first-order chi connectivity index (χ1) is 7.31. The van der Waals surface area contributed by atoms with Crippen LogP contribution in [-0.4, -0.2) is 25.5 Å². The van der Waals surface area contributed by atoms with Crippen LogP contribution in [0.15, 0.2) is 24.3 Å². The lowest BCUT2D eigenvalue weighted by Gasteiger charge is -2.19. The molecule has 0 aliphatic carbocycles. The Kier molecular flexibility index (Phi) is 2.90. The van der Waals surface area contributed by atoms with Crippen molar-refractivity contribution in [1.29, 1.82) is 0 Å². The molecule has 0 unspecified atom stereocenters. The smallest absolute Gasteiger partial charge is 0.153 e. The predicted molar refractivity (Wildman–Crippen MR) is 59.4 cm³/mol. The van der Waals surface area contributed by atoms with Crippen molar-refractivity contribution in [2.45, 2.75) is 13.3 Å². The standard InChI is InChI=1S/C12H15NO2/c1-2-15-12-6-4-3-5-11(12)13-8-7-10(14)9-13/h3-6H,2,7-9H2,1H3. The molecule has 1 fully saturated rings. The number of rotatable bonds is 3. The summed E-state index contributed by atoms with van der Waals surface area (Å²) in [5.74, 6) is 1.18. The van der Waals surface area contributed by atoms with Crippen molar-refractivity contribution in [3.8, 4) is 5.75 Å². The summed E-state index contributed by atoms with van der Waals surface area (Å²) < 4.78 is 5.53. The summed E-state index contributed by atoms with van der Waals surface area (Å²) in [6, 6.07) is 7.87. The average Bonchev–Trinajstić information content (AvgIpc) is 2.66. The first-order valence-electron chi connectivity index (χ1n) is 5.29. The van der Waals surface area contributed by atoms with Gasteiger partial charge in [0.05, 0.1) is 18.8 Å². The van der Waals surface area contributed by atoms with Gasteiger partial charge in [-0.2, -0.15) is 0 Å². The normalized spacial score (nSPS) is 15.8. The largest absolute Gasteiger partial charge is 0.492 e. The van der Waals surface area contributed by atoms with Gasteiger partial charge >= 0.3 is 0 Å². The van der Waals surface area contributed by atoms with E-state index in [0.717, 1.165) is 18.0 Å². The zero-order valence-electron chi connectivity index (χ0n) is 8.90. The Hall–Kier alpha value is -1.51. The Bertz CT molecular complexity index is 362. The topological polar surface area (TPSA) is 29.5 Å². The molecule has 0 amide bonds. The SMILES string of the molecule is CCOc1ccccc1N1CCC(=O)C1. The molecular formula is C12H15NO2. The van der Waals surface area contributed by atoms with E-state index in [1.165, 1.54) is 0 Å². The summed E-state index contributed by atoms with van der Waals surface area (Å²) in [5, 5.41) is 0. The molecule has 1 aromatic carbocycles. The van der Waals surface area contributed by atoms with Gasteiger partial charge < -0.3 is 9.64 Å². The fraction of sp³-hybridized carbons (Fsp3) is 0.417. The van der Waals surface area contributed by atoms with Crippen LogP contribution in [0.25, 0.3) is 0 Å². The van der Waals surface area contributed by atoms with Gasteiger partial charge in [0.1, 0.15) is 5.75 Å². The summed E-state index contributed by atoms with van der Waals surface area (Å²) in [5.41, 5.74) is 1.03. The van der Waals surface area contributed by atoms with E-state index in [1.54, 1.807) is 0 Å². The predicted octanol–water partition coefficient (Wildman–Crippen LogP) is 1.86. The molecular weight excluding hydrogens is 190 g/mol. The number of nitrogens with zero attached hydrogens (tertiary/aromatic N) is 1. The lowest BCUT2D eigenvalue weighted by molar-refractivity contribution is -0.116. The van der Waals surface area contributed by atoms with E-state index in [2.05, 4.69) is 4.90 Å². The van der Waals surface area contributed by atoms with Crippen molar-refractivity contribution in [3.05, 3.63) is 24.3 Å². The summed E-state index contributed by atoms with van der Waals surface area (Å²) in [6.45, 7) is 3.94. The van der Waals surface area contributed by atoms with Crippen molar-refractivity contribution < 1.29 is 9.53 Å². The van der Waals surface area contributed by atoms with E-state index >= 15 is 0 Å². The minimum Gasteiger partial charge on any atom is -0.492 e. The molecule has 0 atom stereocenters. The van der Waals surface area contributed by atoms with Crippen molar-refractivity contribution >= 4 is 11.5 Å². The monoisotopic (exact) mass is 205 g/mol. The maximum absolute atomic E-state index is 11.2. The second kappa shape index (κ2) is 4.34. The van der Waals surface area contributed by atoms with Gasteiger partial charge in [0, 0.05) is 13.0 Å². The highest BCUT2D eigenvalue weighted by Crippen LogP contribution is 2.29. The Morgan fingerprint density at radius 2 is 2.20 bits per heavy atom. The lowest BCUT2D eigenvalue weighted by atomic mass is 10.2. The van der Waals surface area contributed by atoms with E-state index in [4.69, 9.17) is 4.74 Å². The molecule has 2 rings (SSSR count). The zero-order valence-corrected chi connectivity index (χ0v) is 8.90. The fourth-order valence-corrected chi connectivity index (χ4v) is 1.83. The molecule has 1 saturated heterocycles. The molecule has 0 aromatic heterocycles. The molecule has 1 heterocycles. The van der Waals surface area contributed by atoms with E-state index in [1.807, 2.05) is 31.2 Å². The summed E-state index contributed by atoms with van der Waals surface area (Å²) >= 11 is 0. The number of hydrogen-bond donors (Lipinski definition) is 0. The number of carbonyl (C=O) groups excluding carboxylic acids is 1. The third-order valence-corrected chi connectivity index (χ3v) is 2.53. The first kappa shape index (κ1) is 10.0. The van der Waals surface area contributed by atoms with Crippen molar-refractivity contribution in [1.82, 2.24) is 0 Å². The molecule has 80 valence electrons. The van der Waals surface area contributed by atoms with Crippen molar-refractivity contribution in [2.75, 3.05) is 24.6 Å². The van der Waals surface area contributed by atoms with E-state index in [9.17, 15) is 4.79 Å². The molecule has 1 aromatic rings. The number of Topliss-reactive ketones (excluding diaryl/α,β-unsaturated/α-hetero) is 1. The van der Waals surface area contributed by atoms with Gasteiger partial charge in [0.15, 0.2) is 5.78 Å². The Morgan fingerprint density at radius 3 is 2.87 bits per heavy atom. The zero-order chi connectivity index (χ0) is 10.7. The van der Waals surface area contributed by atoms with Crippen LogP contribution in [-0.2, 0) is 4.79 Å². The molecule has 15 heavy (non-hydrogen) atoms. The molecule has 0 N–H and O–H groups in total. The van der Waals surface area contributed by atoms with Crippen LogP contribution in [0, 0.1) is 0 Å². The minimum absolute atomic E-state index is 0.307. The second-order valence-electron chi connectivity index (χ2n) is 3.61. The lowest BCUT2D eigenvalue weighted by Crippen LogP contribution is -2.20. The van der Waals surface area contributed by atoms with Gasteiger partial charge in [-0.15, -0.1) is 0 Å². The van der Waals surface area contributed by atoms with Crippen LogP contribution in [0.1, 0.15) is 13.3 Å². The highest BCUT2D eigenvalue weighted by molar-refractivity contribution is 5.87. The summed E-state index contributed by atoms with van der Waals surface area (Å²) in [4.78, 5) is 13.3. The van der Waals surface area contributed by atoms with E-state index < -0.39 is 0 Å². The van der Waals surface area contributed by atoms with Crippen LogP contribution >= 0.6 is 0 Å². The van der Waals surface area contributed by atoms with Crippen molar-refractivity contribution in [2.24, 2.45) is 0 Å². The Morgan fingerprint density at radius 1 is 1.40 bits per heavy atom. The van der Waals surface area contributed by atoms with Gasteiger partial charge in [-0.05, 0) is 19.1 Å². The van der Waals surface area contributed by atoms with Crippen LogP contribution in [0.3, 0.4) is 0 Å². The molecule has 3 heteroatoms. The van der Waals surface area contributed by atoms with E-state index in [-0.39, 0.29) is 0 Å². The van der Waals surface area contributed by atoms with Crippen LogP contribution in [0.2, 0.25) is 0 Å². The maximum Gasteiger partial charge on any atom is 0.153 e. The number of carbonyl (C=O) groups is 1. The minimum atomic E-state index is 0.307. The van der Waals surface area contributed by atoms with Crippen LogP contribution < -0.4 is 9.64 Å². The summed E-state index contributed by atoms with van der Waals surface area (Å²) in [7, 11) is 0. The third-order valence-electron chi connectivity index (χ3n) is 2.53. The Balaban J connectivity index is 2.22. The highest BCUT2D eigenvalue weighted by Gasteiger charge is 2.21. The van der Waals surface area contributed by atoms with Crippen LogP contribution in [0.5, 0.6) is 5.75 Å². The average molecular weight is 205 g/mol. The van der Waals surface area contributed by atoms with Gasteiger partial charge in [-0.25, -0.2) is 0 Å². The van der Waals surface area contributed by atoms with Gasteiger partial charge in [-0.1, -0.05) is 12.1 Å². The number of ketones is 1. The Labute approximate surface area is 89.7 Å². The number of benzene rings is 1. The molecule has 0 spiro atoms. The second-order valence-corrected chi connectivity index (χ2v) is 3.61.